The van der Waals surface area contributed by atoms with Crippen LogP contribution >= 0.6 is 0 Å². The van der Waals surface area contributed by atoms with Crippen LogP contribution in [0.25, 0.3) is 0 Å². The molecule has 5 heteroatoms. The number of amides is 1. The summed E-state index contributed by atoms with van der Waals surface area (Å²) in [5.74, 6) is 1.33. The fourth-order valence-corrected chi connectivity index (χ4v) is 3.02. The van der Waals surface area contributed by atoms with Crippen LogP contribution < -0.4 is 20.5 Å². The number of ether oxygens (including phenoxy) is 2. The second kappa shape index (κ2) is 6.35. The van der Waals surface area contributed by atoms with E-state index in [-0.39, 0.29) is 17.9 Å². The van der Waals surface area contributed by atoms with Gasteiger partial charge in [0.1, 0.15) is 13.2 Å². The van der Waals surface area contributed by atoms with Crippen molar-refractivity contribution in [3.05, 3.63) is 18.2 Å². The molecule has 1 saturated carbocycles. The van der Waals surface area contributed by atoms with E-state index in [2.05, 4.69) is 5.32 Å². The summed E-state index contributed by atoms with van der Waals surface area (Å²) < 4.78 is 11.0. The van der Waals surface area contributed by atoms with Crippen LogP contribution in [0.5, 0.6) is 11.5 Å². The van der Waals surface area contributed by atoms with Gasteiger partial charge in [-0.25, -0.2) is 0 Å². The quantitative estimate of drug-likeness (QED) is 0.820. The Morgan fingerprint density at radius 2 is 1.86 bits per heavy atom. The molecule has 114 valence electrons. The van der Waals surface area contributed by atoms with Crippen molar-refractivity contribution in [3.63, 3.8) is 0 Å². The average Bonchev–Trinajstić information content (AvgIpc) is 2.71. The first-order valence-electron chi connectivity index (χ1n) is 7.70. The van der Waals surface area contributed by atoms with Crippen molar-refractivity contribution >= 4 is 11.6 Å². The maximum Gasteiger partial charge on any atom is 0.229 e. The number of carbonyl (C=O) groups is 1. The summed E-state index contributed by atoms with van der Waals surface area (Å²) in [6.45, 7) is 1.10. The van der Waals surface area contributed by atoms with Crippen molar-refractivity contribution in [2.45, 2.75) is 38.1 Å². The molecule has 1 fully saturated rings. The van der Waals surface area contributed by atoms with Gasteiger partial charge < -0.3 is 20.5 Å². The van der Waals surface area contributed by atoms with E-state index in [0.717, 1.165) is 37.1 Å². The van der Waals surface area contributed by atoms with Gasteiger partial charge in [-0.15, -0.1) is 0 Å². The van der Waals surface area contributed by atoms with Gasteiger partial charge in [-0.2, -0.15) is 0 Å². The van der Waals surface area contributed by atoms with Crippen LogP contribution in [-0.2, 0) is 4.79 Å². The molecule has 0 saturated heterocycles. The number of nitrogens with two attached hydrogens (primary N) is 1. The van der Waals surface area contributed by atoms with E-state index < -0.39 is 0 Å². The molecule has 1 aromatic rings. The van der Waals surface area contributed by atoms with E-state index in [1.807, 2.05) is 18.2 Å². The van der Waals surface area contributed by atoms with Crippen molar-refractivity contribution < 1.29 is 14.3 Å². The van der Waals surface area contributed by atoms with E-state index in [1.54, 1.807) is 0 Å². The van der Waals surface area contributed by atoms with Gasteiger partial charge in [0, 0.05) is 17.8 Å². The van der Waals surface area contributed by atoms with Gasteiger partial charge in [0.2, 0.25) is 5.91 Å². The van der Waals surface area contributed by atoms with Gasteiger partial charge in [0.05, 0.1) is 5.92 Å². The third kappa shape index (κ3) is 3.29. The third-order valence-corrected chi connectivity index (χ3v) is 4.22. The molecule has 2 aliphatic rings. The predicted molar refractivity (Wildman–Crippen MR) is 80.6 cm³/mol. The highest BCUT2D eigenvalue weighted by Crippen LogP contribution is 2.33. The number of rotatable bonds is 2. The Morgan fingerprint density at radius 1 is 1.10 bits per heavy atom. The number of carbonyl (C=O) groups excluding carboxylic acids is 1. The Balaban J connectivity index is 1.69. The summed E-state index contributed by atoms with van der Waals surface area (Å²) in [4.78, 5) is 12.4. The summed E-state index contributed by atoms with van der Waals surface area (Å²) in [6.07, 6.45) is 5.17. The minimum Gasteiger partial charge on any atom is -0.486 e. The maximum atomic E-state index is 12.4. The highest BCUT2D eigenvalue weighted by Gasteiger charge is 2.27. The molecule has 21 heavy (non-hydrogen) atoms. The summed E-state index contributed by atoms with van der Waals surface area (Å²) >= 11 is 0. The van der Waals surface area contributed by atoms with E-state index in [0.29, 0.717) is 19.0 Å². The summed E-state index contributed by atoms with van der Waals surface area (Å²) in [5, 5.41) is 2.97. The Bertz CT molecular complexity index is 518. The van der Waals surface area contributed by atoms with E-state index in [1.165, 1.54) is 6.42 Å². The highest BCUT2D eigenvalue weighted by atomic mass is 16.6. The van der Waals surface area contributed by atoms with E-state index >= 15 is 0 Å². The van der Waals surface area contributed by atoms with Gasteiger partial charge >= 0.3 is 0 Å². The smallest absolute Gasteiger partial charge is 0.229 e. The Morgan fingerprint density at radius 3 is 2.71 bits per heavy atom. The molecule has 1 heterocycles. The SMILES string of the molecule is NC1CCCCCC1C(=O)Nc1ccc2c(c1)OCCO2. The van der Waals surface area contributed by atoms with Gasteiger partial charge in [0.15, 0.2) is 11.5 Å². The minimum atomic E-state index is -0.0966. The van der Waals surface area contributed by atoms with Gasteiger partial charge in [-0.3, -0.25) is 4.79 Å². The molecule has 0 spiro atoms. The number of nitrogens with one attached hydrogen (secondary N) is 1. The zero-order chi connectivity index (χ0) is 14.7. The lowest BCUT2D eigenvalue weighted by molar-refractivity contribution is -0.120. The molecule has 0 radical (unpaired) electrons. The van der Waals surface area contributed by atoms with Crippen LogP contribution in [0.1, 0.15) is 32.1 Å². The molecule has 3 N–H and O–H groups in total. The first-order chi connectivity index (χ1) is 10.2. The van der Waals surface area contributed by atoms with Crippen LogP contribution in [0.15, 0.2) is 18.2 Å². The first kappa shape index (κ1) is 14.2. The molecule has 0 bridgehead atoms. The van der Waals surface area contributed by atoms with Gasteiger partial charge in [0.25, 0.3) is 0 Å². The van der Waals surface area contributed by atoms with Crippen molar-refractivity contribution in [2.75, 3.05) is 18.5 Å². The first-order valence-corrected chi connectivity index (χ1v) is 7.70. The largest absolute Gasteiger partial charge is 0.486 e. The number of hydrogen-bond acceptors (Lipinski definition) is 4. The molecular formula is C16H22N2O3. The van der Waals surface area contributed by atoms with E-state index in [9.17, 15) is 4.79 Å². The van der Waals surface area contributed by atoms with Crippen molar-refractivity contribution in [3.8, 4) is 11.5 Å². The summed E-state index contributed by atoms with van der Waals surface area (Å²) in [5.41, 5.74) is 6.88. The molecule has 1 amide bonds. The second-order valence-corrected chi connectivity index (χ2v) is 5.76. The van der Waals surface area contributed by atoms with Crippen LogP contribution in [0.2, 0.25) is 0 Å². The zero-order valence-corrected chi connectivity index (χ0v) is 12.1. The molecule has 5 nitrogen and oxygen atoms in total. The highest BCUT2D eigenvalue weighted by molar-refractivity contribution is 5.93. The van der Waals surface area contributed by atoms with Gasteiger partial charge in [-0.1, -0.05) is 19.3 Å². The molecule has 1 aliphatic heterocycles. The zero-order valence-electron chi connectivity index (χ0n) is 12.1. The molecule has 1 aliphatic carbocycles. The molecule has 1 aromatic carbocycles. The lowest BCUT2D eigenvalue weighted by atomic mass is 9.94. The third-order valence-electron chi connectivity index (χ3n) is 4.22. The number of fused-ring (bicyclic) bond motifs is 1. The second-order valence-electron chi connectivity index (χ2n) is 5.76. The minimum absolute atomic E-state index is 0.0149. The number of hydrogen-bond donors (Lipinski definition) is 2. The van der Waals surface area contributed by atoms with Crippen LogP contribution in [0.3, 0.4) is 0 Å². The number of benzene rings is 1. The lowest BCUT2D eigenvalue weighted by Crippen LogP contribution is -2.37. The average molecular weight is 290 g/mol. The summed E-state index contributed by atoms with van der Waals surface area (Å²) in [7, 11) is 0. The van der Waals surface area contributed by atoms with E-state index in [4.69, 9.17) is 15.2 Å². The fraction of sp³-hybridized carbons (Fsp3) is 0.562. The number of anilines is 1. The van der Waals surface area contributed by atoms with Crippen molar-refractivity contribution in [1.82, 2.24) is 0 Å². The monoisotopic (exact) mass is 290 g/mol. The van der Waals surface area contributed by atoms with Crippen molar-refractivity contribution in [1.29, 1.82) is 0 Å². The van der Waals surface area contributed by atoms with Gasteiger partial charge in [-0.05, 0) is 25.0 Å². The predicted octanol–water partition coefficient (Wildman–Crippen LogP) is 2.30. The lowest BCUT2D eigenvalue weighted by Gasteiger charge is -2.22. The Kier molecular flexibility index (Phi) is 4.29. The molecule has 3 rings (SSSR count). The van der Waals surface area contributed by atoms with Crippen molar-refractivity contribution in [2.24, 2.45) is 11.7 Å². The molecular weight excluding hydrogens is 268 g/mol. The standard InChI is InChI=1S/C16H22N2O3/c17-13-5-3-1-2-4-12(13)16(19)18-11-6-7-14-15(10-11)21-9-8-20-14/h6-7,10,12-13H,1-5,8-9,17H2,(H,18,19). The van der Waals surface area contributed by atoms with Crippen LogP contribution in [0.4, 0.5) is 5.69 Å². The van der Waals surface area contributed by atoms with Crippen LogP contribution in [-0.4, -0.2) is 25.2 Å². The molecule has 0 aromatic heterocycles. The topological polar surface area (TPSA) is 73.6 Å². The molecule has 2 atom stereocenters. The fourth-order valence-electron chi connectivity index (χ4n) is 3.02. The maximum absolute atomic E-state index is 12.4. The Hall–Kier alpha value is -1.75. The molecule has 2 unspecified atom stereocenters. The normalized spacial score (nSPS) is 25.0. The van der Waals surface area contributed by atoms with Crippen LogP contribution in [0, 0.1) is 5.92 Å². The Labute approximate surface area is 124 Å². The summed E-state index contributed by atoms with van der Waals surface area (Å²) in [6, 6.07) is 5.45.